The minimum absolute atomic E-state index is 0.00560. The SMILES string of the molecule is CN(C)CCC1OCC(=O)C1NC(=O)[C@H](CC(C)(C)C)NC(=O)c1ccoc1. The molecule has 0 bridgehead atoms. The van der Waals surface area contributed by atoms with Crippen LogP contribution in [0.2, 0.25) is 0 Å². The summed E-state index contributed by atoms with van der Waals surface area (Å²) in [5.41, 5.74) is 0.141. The van der Waals surface area contributed by atoms with Crippen LogP contribution in [0.1, 0.15) is 44.0 Å². The Morgan fingerprint density at radius 2 is 2.04 bits per heavy atom. The van der Waals surface area contributed by atoms with E-state index in [1.54, 1.807) is 0 Å². The molecule has 2 rings (SSSR count). The smallest absolute Gasteiger partial charge is 0.255 e. The quantitative estimate of drug-likeness (QED) is 0.689. The fraction of sp³-hybridized carbons (Fsp3) is 0.650. The highest BCUT2D eigenvalue weighted by atomic mass is 16.5. The second-order valence-electron chi connectivity index (χ2n) is 8.70. The molecule has 1 aliphatic rings. The number of nitrogens with one attached hydrogen (secondary N) is 2. The third-order valence-corrected chi connectivity index (χ3v) is 4.54. The summed E-state index contributed by atoms with van der Waals surface area (Å²) in [6.07, 6.45) is 3.42. The minimum Gasteiger partial charge on any atom is -0.472 e. The van der Waals surface area contributed by atoms with Crippen LogP contribution in [0.15, 0.2) is 23.0 Å². The molecule has 0 aromatic carbocycles. The molecule has 0 spiro atoms. The van der Waals surface area contributed by atoms with Crippen molar-refractivity contribution in [3.05, 3.63) is 24.2 Å². The van der Waals surface area contributed by atoms with Gasteiger partial charge in [-0.2, -0.15) is 0 Å². The molecule has 1 saturated heterocycles. The van der Waals surface area contributed by atoms with Gasteiger partial charge in [-0.05, 0) is 38.4 Å². The summed E-state index contributed by atoms with van der Waals surface area (Å²) in [7, 11) is 3.88. The van der Waals surface area contributed by atoms with Crippen LogP contribution in [-0.4, -0.2) is 67.9 Å². The number of rotatable bonds is 8. The molecule has 0 radical (unpaired) electrons. The van der Waals surface area contributed by atoms with Gasteiger partial charge in [-0.1, -0.05) is 20.8 Å². The van der Waals surface area contributed by atoms with Gasteiger partial charge in [-0.25, -0.2) is 0 Å². The van der Waals surface area contributed by atoms with Gasteiger partial charge >= 0.3 is 0 Å². The Balaban J connectivity index is 2.07. The highest BCUT2D eigenvalue weighted by Crippen LogP contribution is 2.22. The Labute approximate surface area is 166 Å². The predicted molar refractivity (Wildman–Crippen MR) is 104 cm³/mol. The highest BCUT2D eigenvalue weighted by Gasteiger charge is 2.38. The van der Waals surface area contributed by atoms with E-state index in [0.717, 1.165) is 6.54 Å². The van der Waals surface area contributed by atoms with Gasteiger partial charge in [-0.15, -0.1) is 0 Å². The van der Waals surface area contributed by atoms with E-state index in [-0.39, 0.29) is 29.8 Å². The first kappa shape index (κ1) is 22.1. The lowest BCUT2D eigenvalue weighted by Crippen LogP contribution is -2.54. The molecule has 8 nitrogen and oxygen atoms in total. The Bertz CT molecular complexity index is 679. The summed E-state index contributed by atoms with van der Waals surface area (Å²) >= 11 is 0. The number of carbonyl (C=O) groups is 3. The number of ether oxygens (including phenoxy) is 1. The van der Waals surface area contributed by atoms with E-state index in [0.29, 0.717) is 18.4 Å². The van der Waals surface area contributed by atoms with Crippen molar-refractivity contribution in [1.29, 1.82) is 0 Å². The van der Waals surface area contributed by atoms with E-state index in [1.807, 2.05) is 39.8 Å². The zero-order chi connectivity index (χ0) is 20.9. The van der Waals surface area contributed by atoms with Crippen molar-refractivity contribution in [3.8, 4) is 0 Å². The molecule has 156 valence electrons. The van der Waals surface area contributed by atoms with Gasteiger partial charge in [0.05, 0.1) is 17.9 Å². The molecule has 1 aromatic heterocycles. The predicted octanol–water partition coefficient (Wildman–Crippen LogP) is 1.22. The molecule has 2 amide bonds. The van der Waals surface area contributed by atoms with Crippen molar-refractivity contribution in [1.82, 2.24) is 15.5 Å². The maximum absolute atomic E-state index is 12.9. The lowest BCUT2D eigenvalue weighted by atomic mass is 9.87. The van der Waals surface area contributed by atoms with Gasteiger partial charge < -0.3 is 24.7 Å². The maximum Gasteiger partial charge on any atom is 0.255 e. The zero-order valence-electron chi connectivity index (χ0n) is 17.3. The zero-order valence-corrected chi connectivity index (χ0v) is 17.3. The van der Waals surface area contributed by atoms with E-state index in [1.165, 1.54) is 18.6 Å². The van der Waals surface area contributed by atoms with Crippen molar-refractivity contribution in [2.75, 3.05) is 27.2 Å². The fourth-order valence-electron chi connectivity index (χ4n) is 3.10. The molecular formula is C20H31N3O5. The van der Waals surface area contributed by atoms with Gasteiger partial charge in [-0.3, -0.25) is 14.4 Å². The maximum atomic E-state index is 12.9. The Kier molecular flexibility index (Phi) is 7.37. The number of Topliss-reactive ketones (excluding diaryl/α,β-unsaturated/α-hetero) is 1. The first-order chi connectivity index (χ1) is 13.1. The van der Waals surface area contributed by atoms with E-state index in [9.17, 15) is 14.4 Å². The molecule has 3 atom stereocenters. The number of hydrogen-bond donors (Lipinski definition) is 2. The van der Waals surface area contributed by atoms with Crippen LogP contribution in [0, 0.1) is 5.41 Å². The Morgan fingerprint density at radius 3 is 2.61 bits per heavy atom. The van der Waals surface area contributed by atoms with Crippen LogP contribution >= 0.6 is 0 Å². The first-order valence-corrected chi connectivity index (χ1v) is 9.49. The normalized spacial score (nSPS) is 21.0. The number of nitrogens with zero attached hydrogens (tertiary/aromatic N) is 1. The molecule has 2 heterocycles. The van der Waals surface area contributed by atoms with Crippen LogP contribution in [0.3, 0.4) is 0 Å². The van der Waals surface area contributed by atoms with Crippen LogP contribution in [-0.2, 0) is 14.3 Å². The summed E-state index contributed by atoms with van der Waals surface area (Å²) in [4.78, 5) is 39.6. The molecule has 0 saturated carbocycles. The second-order valence-corrected chi connectivity index (χ2v) is 8.70. The molecule has 28 heavy (non-hydrogen) atoms. The van der Waals surface area contributed by atoms with E-state index in [4.69, 9.17) is 9.15 Å². The third kappa shape index (κ3) is 6.45. The van der Waals surface area contributed by atoms with Crippen LogP contribution < -0.4 is 10.6 Å². The van der Waals surface area contributed by atoms with Gasteiger partial charge in [0, 0.05) is 6.54 Å². The monoisotopic (exact) mass is 393 g/mol. The van der Waals surface area contributed by atoms with E-state index in [2.05, 4.69) is 10.6 Å². The standard InChI is InChI=1S/C20H31N3O5/c1-20(2,3)10-14(21-18(25)13-7-9-27-11-13)19(26)22-17-15(24)12-28-16(17)6-8-23(4)5/h7,9,11,14,16-17H,6,8,10,12H2,1-5H3,(H,21,25)(H,22,26)/t14-,16?,17?/m0/s1. The summed E-state index contributed by atoms with van der Waals surface area (Å²) in [6.45, 7) is 6.70. The summed E-state index contributed by atoms with van der Waals surface area (Å²) in [5.74, 6) is -0.922. The van der Waals surface area contributed by atoms with E-state index < -0.39 is 18.0 Å². The molecule has 2 unspecified atom stereocenters. The number of hydrogen-bond acceptors (Lipinski definition) is 6. The molecule has 0 aliphatic carbocycles. The Morgan fingerprint density at radius 1 is 1.32 bits per heavy atom. The first-order valence-electron chi connectivity index (χ1n) is 9.49. The minimum atomic E-state index is -0.773. The second kappa shape index (κ2) is 9.34. The van der Waals surface area contributed by atoms with Gasteiger partial charge in [0.2, 0.25) is 5.91 Å². The van der Waals surface area contributed by atoms with Crippen molar-refractivity contribution in [2.24, 2.45) is 5.41 Å². The molecular weight excluding hydrogens is 362 g/mol. The fourth-order valence-corrected chi connectivity index (χ4v) is 3.10. The molecule has 1 aliphatic heterocycles. The number of furan rings is 1. The van der Waals surface area contributed by atoms with E-state index >= 15 is 0 Å². The number of amides is 2. The van der Waals surface area contributed by atoms with Crippen LogP contribution in [0.4, 0.5) is 0 Å². The summed E-state index contributed by atoms with van der Waals surface area (Å²) in [6, 6.07) is 0.0681. The lowest BCUT2D eigenvalue weighted by Gasteiger charge is -2.28. The average molecular weight is 393 g/mol. The van der Waals surface area contributed by atoms with Crippen molar-refractivity contribution < 1.29 is 23.5 Å². The topological polar surface area (TPSA) is 101 Å². The van der Waals surface area contributed by atoms with Gasteiger partial charge in [0.25, 0.3) is 5.91 Å². The van der Waals surface area contributed by atoms with Crippen LogP contribution in [0.25, 0.3) is 0 Å². The largest absolute Gasteiger partial charge is 0.472 e. The average Bonchev–Trinajstić information content (AvgIpc) is 3.22. The van der Waals surface area contributed by atoms with Crippen molar-refractivity contribution >= 4 is 17.6 Å². The van der Waals surface area contributed by atoms with Crippen molar-refractivity contribution in [3.63, 3.8) is 0 Å². The molecule has 1 aromatic rings. The Hall–Kier alpha value is -2.19. The molecule has 2 N–H and O–H groups in total. The highest BCUT2D eigenvalue weighted by molar-refractivity contribution is 5.98. The summed E-state index contributed by atoms with van der Waals surface area (Å²) < 4.78 is 10.5. The van der Waals surface area contributed by atoms with Crippen molar-refractivity contribution in [2.45, 2.75) is 51.8 Å². The summed E-state index contributed by atoms with van der Waals surface area (Å²) in [5, 5.41) is 5.56. The molecule has 1 fully saturated rings. The van der Waals surface area contributed by atoms with Gasteiger partial charge in [0.15, 0.2) is 5.78 Å². The third-order valence-electron chi connectivity index (χ3n) is 4.54. The van der Waals surface area contributed by atoms with Crippen LogP contribution in [0.5, 0.6) is 0 Å². The number of carbonyl (C=O) groups excluding carboxylic acids is 3. The molecule has 8 heteroatoms. The number of ketones is 1. The lowest BCUT2D eigenvalue weighted by molar-refractivity contribution is -0.128. The van der Waals surface area contributed by atoms with Gasteiger partial charge in [0.1, 0.15) is 25.0 Å².